The third kappa shape index (κ3) is 3.30. The molecule has 3 heteroatoms. The molecule has 0 aromatic heterocycles. The van der Waals surface area contributed by atoms with Gasteiger partial charge in [0, 0.05) is 13.1 Å². The van der Waals surface area contributed by atoms with Gasteiger partial charge in [-0.3, -0.25) is 4.79 Å². The van der Waals surface area contributed by atoms with Crippen molar-refractivity contribution in [2.75, 3.05) is 6.54 Å². The van der Waals surface area contributed by atoms with Crippen molar-refractivity contribution >= 4 is 5.91 Å². The second kappa shape index (κ2) is 5.82. The van der Waals surface area contributed by atoms with Gasteiger partial charge >= 0.3 is 0 Å². The molecule has 0 aliphatic heterocycles. The second-order valence-corrected chi connectivity index (χ2v) is 4.75. The van der Waals surface area contributed by atoms with Crippen LogP contribution in [0.1, 0.15) is 30.4 Å². The summed E-state index contributed by atoms with van der Waals surface area (Å²) in [7, 11) is 0. The molecule has 1 aliphatic rings. The Morgan fingerprint density at radius 1 is 1.29 bits per heavy atom. The van der Waals surface area contributed by atoms with Crippen LogP contribution in [0.2, 0.25) is 0 Å². The first-order valence-electron chi connectivity index (χ1n) is 6.33. The highest BCUT2D eigenvalue weighted by Crippen LogP contribution is 2.25. The van der Waals surface area contributed by atoms with Gasteiger partial charge in [-0.05, 0) is 29.9 Å². The molecule has 1 aromatic rings. The van der Waals surface area contributed by atoms with E-state index in [2.05, 4.69) is 5.32 Å². The molecule has 0 saturated heterocycles. The summed E-state index contributed by atoms with van der Waals surface area (Å²) in [6.45, 7) is 1.33. The van der Waals surface area contributed by atoms with Gasteiger partial charge in [-0.15, -0.1) is 0 Å². The van der Waals surface area contributed by atoms with Crippen LogP contribution in [0.15, 0.2) is 24.3 Å². The lowest BCUT2D eigenvalue weighted by molar-refractivity contribution is -0.120. The highest BCUT2D eigenvalue weighted by Gasteiger charge is 2.17. The molecule has 0 bridgehead atoms. The number of hydrogen-bond acceptors (Lipinski definition) is 2. The fourth-order valence-corrected chi connectivity index (χ4v) is 2.12. The molecule has 1 aromatic carbocycles. The zero-order valence-electron chi connectivity index (χ0n) is 10.1. The van der Waals surface area contributed by atoms with Crippen LogP contribution in [0, 0.1) is 5.92 Å². The topological polar surface area (TPSA) is 55.1 Å². The Labute approximate surface area is 102 Å². The van der Waals surface area contributed by atoms with E-state index < -0.39 is 0 Å². The smallest absolute Gasteiger partial charge is 0.224 e. The van der Waals surface area contributed by atoms with Crippen LogP contribution in [-0.2, 0) is 17.8 Å². The molecule has 0 unspecified atom stereocenters. The predicted octanol–water partition coefficient (Wildman–Crippen LogP) is 1.60. The first-order valence-corrected chi connectivity index (χ1v) is 6.33. The van der Waals surface area contributed by atoms with E-state index >= 15 is 0 Å². The van der Waals surface area contributed by atoms with Crippen LogP contribution in [0.3, 0.4) is 0 Å². The fourth-order valence-electron chi connectivity index (χ4n) is 2.12. The van der Waals surface area contributed by atoms with E-state index in [4.69, 9.17) is 5.73 Å². The van der Waals surface area contributed by atoms with Crippen molar-refractivity contribution < 1.29 is 4.79 Å². The molecule has 17 heavy (non-hydrogen) atoms. The Balaban J connectivity index is 1.84. The zero-order valence-corrected chi connectivity index (χ0v) is 10.1. The van der Waals surface area contributed by atoms with Gasteiger partial charge in [0.15, 0.2) is 0 Å². The molecule has 1 amide bonds. The molecule has 3 nitrogen and oxygen atoms in total. The maximum Gasteiger partial charge on any atom is 0.224 e. The Hall–Kier alpha value is -1.35. The van der Waals surface area contributed by atoms with Crippen LogP contribution in [0.5, 0.6) is 0 Å². The minimum Gasteiger partial charge on any atom is -0.356 e. The normalized spacial score (nSPS) is 15.4. The number of carbonyl (C=O) groups excluding carboxylic acids is 1. The van der Waals surface area contributed by atoms with E-state index in [9.17, 15) is 4.79 Å². The van der Waals surface area contributed by atoms with E-state index in [1.807, 2.05) is 24.3 Å². The lowest BCUT2D eigenvalue weighted by Crippen LogP contribution is -2.33. The quantitative estimate of drug-likeness (QED) is 0.810. The zero-order chi connectivity index (χ0) is 12.1. The van der Waals surface area contributed by atoms with Crippen molar-refractivity contribution in [3.8, 4) is 0 Å². The third-order valence-corrected chi connectivity index (χ3v) is 3.50. The number of benzene rings is 1. The van der Waals surface area contributed by atoms with Crippen molar-refractivity contribution in [2.24, 2.45) is 11.7 Å². The van der Waals surface area contributed by atoms with Crippen LogP contribution < -0.4 is 11.1 Å². The molecule has 92 valence electrons. The Bertz CT molecular complexity index is 386. The summed E-state index contributed by atoms with van der Waals surface area (Å²) in [5.41, 5.74) is 7.75. The SMILES string of the molecule is NCc1ccccc1CC(=O)NCC1CCC1. The first kappa shape index (κ1) is 12.1. The summed E-state index contributed by atoms with van der Waals surface area (Å²) in [6, 6.07) is 7.87. The number of amides is 1. The maximum atomic E-state index is 11.8. The van der Waals surface area contributed by atoms with Crippen molar-refractivity contribution in [3.63, 3.8) is 0 Å². The van der Waals surface area contributed by atoms with Gasteiger partial charge in [-0.1, -0.05) is 30.7 Å². The molecule has 1 saturated carbocycles. The number of hydrogen-bond donors (Lipinski definition) is 2. The Morgan fingerprint density at radius 3 is 2.59 bits per heavy atom. The van der Waals surface area contributed by atoms with E-state index in [1.165, 1.54) is 19.3 Å². The molecule has 3 N–H and O–H groups in total. The monoisotopic (exact) mass is 232 g/mol. The van der Waals surface area contributed by atoms with Crippen molar-refractivity contribution in [1.29, 1.82) is 0 Å². The Kier molecular flexibility index (Phi) is 4.15. The van der Waals surface area contributed by atoms with Crippen molar-refractivity contribution in [2.45, 2.75) is 32.2 Å². The molecule has 0 heterocycles. The standard InChI is InChI=1S/C14H20N2O/c15-9-13-7-2-1-6-12(13)8-14(17)16-10-11-4-3-5-11/h1-2,6-7,11H,3-5,8-10,15H2,(H,16,17). The van der Waals surface area contributed by atoms with E-state index in [-0.39, 0.29) is 5.91 Å². The molecular formula is C14H20N2O. The summed E-state index contributed by atoms with van der Waals surface area (Å²) in [5.74, 6) is 0.821. The molecular weight excluding hydrogens is 212 g/mol. The predicted molar refractivity (Wildman–Crippen MR) is 68.4 cm³/mol. The number of carbonyl (C=O) groups is 1. The van der Waals surface area contributed by atoms with Gasteiger partial charge in [-0.2, -0.15) is 0 Å². The van der Waals surface area contributed by atoms with E-state index in [0.29, 0.717) is 18.9 Å². The molecule has 1 fully saturated rings. The lowest BCUT2D eigenvalue weighted by atomic mass is 9.85. The van der Waals surface area contributed by atoms with Gasteiger partial charge in [0.1, 0.15) is 0 Å². The number of rotatable bonds is 5. The van der Waals surface area contributed by atoms with E-state index in [0.717, 1.165) is 17.7 Å². The lowest BCUT2D eigenvalue weighted by Gasteiger charge is -2.25. The van der Waals surface area contributed by atoms with Crippen molar-refractivity contribution in [1.82, 2.24) is 5.32 Å². The highest BCUT2D eigenvalue weighted by molar-refractivity contribution is 5.78. The Morgan fingerprint density at radius 2 is 2.00 bits per heavy atom. The van der Waals surface area contributed by atoms with Gasteiger partial charge in [0.2, 0.25) is 5.91 Å². The minimum atomic E-state index is 0.109. The molecule has 0 atom stereocenters. The van der Waals surface area contributed by atoms with Gasteiger partial charge in [-0.25, -0.2) is 0 Å². The van der Waals surface area contributed by atoms with Gasteiger partial charge in [0.05, 0.1) is 6.42 Å². The molecule has 2 rings (SSSR count). The first-order chi connectivity index (χ1) is 8.29. The number of nitrogens with two attached hydrogens (primary N) is 1. The largest absolute Gasteiger partial charge is 0.356 e. The number of nitrogens with one attached hydrogen (secondary N) is 1. The highest BCUT2D eigenvalue weighted by atomic mass is 16.1. The summed E-state index contributed by atoms with van der Waals surface area (Å²) in [4.78, 5) is 11.8. The van der Waals surface area contributed by atoms with E-state index in [1.54, 1.807) is 0 Å². The van der Waals surface area contributed by atoms with Gasteiger partial charge < -0.3 is 11.1 Å². The average Bonchev–Trinajstić information content (AvgIpc) is 2.27. The minimum absolute atomic E-state index is 0.109. The maximum absolute atomic E-state index is 11.8. The summed E-state index contributed by atoms with van der Waals surface area (Å²) in [5, 5.41) is 3.00. The second-order valence-electron chi connectivity index (χ2n) is 4.75. The van der Waals surface area contributed by atoms with Crippen LogP contribution >= 0.6 is 0 Å². The third-order valence-electron chi connectivity index (χ3n) is 3.50. The molecule has 0 spiro atoms. The molecule has 0 radical (unpaired) electrons. The summed E-state index contributed by atoms with van der Waals surface area (Å²) >= 11 is 0. The summed E-state index contributed by atoms with van der Waals surface area (Å²) in [6.07, 6.45) is 4.29. The van der Waals surface area contributed by atoms with Crippen molar-refractivity contribution in [3.05, 3.63) is 35.4 Å². The molecule has 1 aliphatic carbocycles. The summed E-state index contributed by atoms with van der Waals surface area (Å²) < 4.78 is 0. The fraction of sp³-hybridized carbons (Fsp3) is 0.500. The average molecular weight is 232 g/mol. The van der Waals surface area contributed by atoms with Crippen LogP contribution in [0.25, 0.3) is 0 Å². The van der Waals surface area contributed by atoms with Crippen LogP contribution in [0.4, 0.5) is 0 Å². The van der Waals surface area contributed by atoms with Crippen LogP contribution in [-0.4, -0.2) is 12.5 Å². The van der Waals surface area contributed by atoms with Gasteiger partial charge in [0.25, 0.3) is 0 Å².